The number of hydrogen-bond donors (Lipinski definition) is 1. The quantitative estimate of drug-likeness (QED) is 0.477. The average Bonchev–Trinajstić information content (AvgIpc) is 2.78. The highest BCUT2D eigenvalue weighted by atomic mass is 32.2. The smallest absolute Gasteiger partial charge is 0.261 e. The van der Waals surface area contributed by atoms with Crippen LogP contribution < -0.4 is 4.72 Å². The summed E-state index contributed by atoms with van der Waals surface area (Å²) in [5, 5.41) is 0. The second-order valence-electron chi connectivity index (χ2n) is 7.85. The minimum absolute atomic E-state index is 0.0293. The van der Waals surface area contributed by atoms with Crippen molar-refractivity contribution in [1.29, 1.82) is 0 Å². The van der Waals surface area contributed by atoms with E-state index in [1.807, 2.05) is 0 Å². The summed E-state index contributed by atoms with van der Waals surface area (Å²) in [5.41, 5.74) is -0.0557. The molecule has 0 aliphatic rings. The van der Waals surface area contributed by atoms with Crippen LogP contribution in [0.15, 0.2) is 81.5 Å². The molecule has 0 bridgehead atoms. The highest BCUT2D eigenvalue weighted by Crippen LogP contribution is 2.33. The molecule has 0 spiro atoms. The van der Waals surface area contributed by atoms with Crippen LogP contribution in [0.3, 0.4) is 0 Å². The maximum atomic E-state index is 13.1. The van der Waals surface area contributed by atoms with Crippen molar-refractivity contribution in [1.82, 2.24) is 9.71 Å². The maximum absolute atomic E-state index is 13.1. The van der Waals surface area contributed by atoms with Gasteiger partial charge in [-0.2, -0.15) is 13.2 Å². The lowest BCUT2D eigenvalue weighted by Gasteiger charge is -2.16. The number of sulfone groups is 1. The van der Waals surface area contributed by atoms with Gasteiger partial charge in [0.15, 0.2) is 0 Å². The average molecular weight is 513 g/mol. The molecular formula is C23H23F3N2O4S2. The van der Waals surface area contributed by atoms with Crippen molar-refractivity contribution in [2.75, 3.05) is 6.54 Å². The summed E-state index contributed by atoms with van der Waals surface area (Å²) >= 11 is 0. The van der Waals surface area contributed by atoms with Crippen molar-refractivity contribution < 1.29 is 30.0 Å². The molecule has 0 aliphatic carbocycles. The van der Waals surface area contributed by atoms with Crippen molar-refractivity contribution in [2.24, 2.45) is 0 Å². The summed E-state index contributed by atoms with van der Waals surface area (Å²) in [7, 11) is -8.54. The Kier molecular flexibility index (Phi) is 7.49. The summed E-state index contributed by atoms with van der Waals surface area (Å²) in [6.45, 7) is 3.54. The highest BCUT2D eigenvalue weighted by molar-refractivity contribution is 7.91. The van der Waals surface area contributed by atoms with E-state index < -0.39 is 41.4 Å². The molecule has 34 heavy (non-hydrogen) atoms. The first kappa shape index (κ1) is 25.9. The van der Waals surface area contributed by atoms with Crippen molar-refractivity contribution in [3.05, 3.63) is 83.7 Å². The number of nitrogens with one attached hydrogen (secondary N) is 1. The molecule has 1 aromatic heterocycles. The Morgan fingerprint density at radius 1 is 0.912 bits per heavy atom. The van der Waals surface area contributed by atoms with E-state index in [1.54, 1.807) is 38.2 Å². The lowest BCUT2D eigenvalue weighted by molar-refractivity contribution is -0.137. The molecular weight excluding hydrogens is 489 g/mol. The Balaban J connectivity index is 1.98. The zero-order valence-electron chi connectivity index (χ0n) is 18.4. The standard InChI is InChI=1S/C23H23F3N2O4S2/c1-16(2)21-10-9-20(33(29,30)19-8-5-6-17(14-19)23(24,25)26)15-22(21)34(31,32)28-13-11-18-7-3-4-12-27-18/h3-10,12,14-16,28H,11,13H2,1-2H3. The van der Waals surface area contributed by atoms with Crippen LogP contribution in [0.25, 0.3) is 0 Å². The minimum Gasteiger partial charge on any atom is -0.261 e. The van der Waals surface area contributed by atoms with Crippen LogP contribution in [0.4, 0.5) is 13.2 Å². The maximum Gasteiger partial charge on any atom is 0.416 e. The van der Waals surface area contributed by atoms with Gasteiger partial charge in [-0.1, -0.05) is 32.0 Å². The second kappa shape index (κ2) is 9.85. The molecule has 0 radical (unpaired) electrons. The molecule has 0 atom stereocenters. The van der Waals surface area contributed by atoms with Crippen LogP contribution in [0.1, 0.15) is 36.6 Å². The SMILES string of the molecule is CC(C)c1ccc(S(=O)(=O)c2cccc(C(F)(F)F)c2)cc1S(=O)(=O)NCCc1ccccn1. The summed E-state index contributed by atoms with van der Waals surface area (Å²) in [5.74, 6) is -0.257. The predicted octanol–water partition coefficient (Wildman–Crippen LogP) is 4.58. The Bertz CT molecular complexity index is 1370. The lowest BCUT2D eigenvalue weighted by Crippen LogP contribution is -2.27. The molecule has 0 saturated heterocycles. The Hall–Kier alpha value is -2.76. The van der Waals surface area contributed by atoms with E-state index in [1.165, 1.54) is 12.1 Å². The van der Waals surface area contributed by atoms with Crippen molar-refractivity contribution in [3.63, 3.8) is 0 Å². The Morgan fingerprint density at radius 2 is 1.62 bits per heavy atom. The second-order valence-corrected chi connectivity index (χ2v) is 11.5. The topological polar surface area (TPSA) is 93.2 Å². The number of hydrogen-bond acceptors (Lipinski definition) is 5. The fourth-order valence-electron chi connectivity index (χ4n) is 3.30. The Morgan fingerprint density at radius 3 is 2.24 bits per heavy atom. The third-order valence-electron chi connectivity index (χ3n) is 5.08. The van der Waals surface area contributed by atoms with Crippen LogP contribution in [0.5, 0.6) is 0 Å². The van der Waals surface area contributed by atoms with E-state index in [2.05, 4.69) is 9.71 Å². The zero-order chi connectivity index (χ0) is 25.1. The largest absolute Gasteiger partial charge is 0.416 e. The van der Waals surface area contributed by atoms with Gasteiger partial charge in [-0.15, -0.1) is 0 Å². The van der Waals surface area contributed by atoms with Gasteiger partial charge in [0.05, 0.1) is 20.2 Å². The van der Waals surface area contributed by atoms with E-state index >= 15 is 0 Å². The van der Waals surface area contributed by atoms with Crippen LogP contribution >= 0.6 is 0 Å². The number of pyridine rings is 1. The lowest BCUT2D eigenvalue weighted by atomic mass is 10.0. The monoisotopic (exact) mass is 512 g/mol. The van der Waals surface area contributed by atoms with Gasteiger partial charge >= 0.3 is 6.18 Å². The molecule has 6 nitrogen and oxygen atoms in total. The van der Waals surface area contributed by atoms with Crippen LogP contribution in [0.2, 0.25) is 0 Å². The number of nitrogens with zero attached hydrogens (tertiary/aromatic N) is 1. The van der Waals surface area contributed by atoms with Gasteiger partial charge < -0.3 is 0 Å². The number of rotatable bonds is 8. The first-order chi connectivity index (χ1) is 15.8. The molecule has 182 valence electrons. The molecule has 0 aliphatic heterocycles. The van der Waals surface area contributed by atoms with Gasteiger partial charge in [0.2, 0.25) is 19.9 Å². The van der Waals surface area contributed by atoms with Gasteiger partial charge in [0.25, 0.3) is 0 Å². The van der Waals surface area contributed by atoms with E-state index in [9.17, 15) is 30.0 Å². The predicted molar refractivity (Wildman–Crippen MR) is 121 cm³/mol. The first-order valence-corrected chi connectivity index (χ1v) is 13.2. The van der Waals surface area contributed by atoms with Crippen molar-refractivity contribution in [2.45, 2.75) is 47.0 Å². The molecule has 1 heterocycles. The van der Waals surface area contributed by atoms with E-state index in [4.69, 9.17) is 0 Å². The molecule has 1 N–H and O–H groups in total. The zero-order valence-corrected chi connectivity index (χ0v) is 20.0. The Labute approximate surface area is 196 Å². The van der Waals surface area contributed by atoms with E-state index in [0.717, 1.165) is 24.3 Å². The van der Waals surface area contributed by atoms with Gasteiger partial charge in [0, 0.05) is 24.9 Å². The highest BCUT2D eigenvalue weighted by Gasteiger charge is 2.32. The molecule has 0 amide bonds. The third kappa shape index (κ3) is 5.83. The number of alkyl halides is 3. The number of benzene rings is 2. The molecule has 0 unspecified atom stereocenters. The summed E-state index contributed by atoms with van der Waals surface area (Å²) in [6.07, 6.45) is -2.82. The first-order valence-electron chi connectivity index (χ1n) is 10.3. The summed E-state index contributed by atoms with van der Waals surface area (Å²) in [6, 6.07) is 12.2. The van der Waals surface area contributed by atoms with Gasteiger partial charge in [-0.3, -0.25) is 4.98 Å². The van der Waals surface area contributed by atoms with E-state index in [-0.39, 0.29) is 17.4 Å². The van der Waals surface area contributed by atoms with Crippen LogP contribution in [-0.2, 0) is 32.5 Å². The fourth-order valence-corrected chi connectivity index (χ4v) is 6.13. The number of aromatic nitrogens is 1. The fraction of sp³-hybridized carbons (Fsp3) is 0.261. The normalized spacial score (nSPS) is 12.8. The molecule has 2 aromatic carbocycles. The number of sulfonamides is 1. The summed E-state index contributed by atoms with van der Waals surface area (Å²) < 4.78 is 94.0. The minimum atomic E-state index is -4.72. The van der Waals surface area contributed by atoms with Gasteiger partial charge in [-0.25, -0.2) is 21.6 Å². The van der Waals surface area contributed by atoms with Crippen LogP contribution in [0, 0.1) is 0 Å². The summed E-state index contributed by atoms with van der Waals surface area (Å²) in [4.78, 5) is 2.89. The van der Waals surface area contributed by atoms with Crippen molar-refractivity contribution in [3.8, 4) is 0 Å². The molecule has 3 rings (SSSR count). The number of halogens is 3. The van der Waals surface area contributed by atoms with Gasteiger partial charge in [-0.05, 0) is 53.9 Å². The third-order valence-corrected chi connectivity index (χ3v) is 8.34. The molecule has 11 heteroatoms. The van der Waals surface area contributed by atoms with Crippen LogP contribution in [-0.4, -0.2) is 28.4 Å². The van der Waals surface area contributed by atoms with Gasteiger partial charge in [0.1, 0.15) is 0 Å². The van der Waals surface area contributed by atoms with Crippen molar-refractivity contribution >= 4 is 19.9 Å². The molecule has 3 aromatic rings. The molecule has 0 saturated carbocycles. The van der Waals surface area contributed by atoms with E-state index in [0.29, 0.717) is 23.7 Å². The molecule has 0 fully saturated rings.